The van der Waals surface area contributed by atoms with Crippen LogP contribution in [0.1, 0.15) is 71.3 Å². The van der Waals surface area contributed by atoms with Crippen molar-refractivity contribution in [2.45, 2.75) is 59.5 Å². The van der Waals surface area contributed by atoms with E-state index < -0.39 is 0 Å². The zero-order valence-corrected chi connectivity index (χ0v) is 18.9. The van der Waals surface area contributed by atoms with Gasteiger partial charge in [0.1, 0.15) is 6.10 Å². The maximum absolute atomic E-state index is 13.2. The molecule has 3 rings (SSSR count). The number of ether oxygens (including phenoxy) is 1. The van der Waals surface area contributed by atoms with E-state index in [1.165, 1.54) is 18.4 Å². The van der Waals surface area contributed by atoms with Gasteiger partial charge < -0.3 is 9.64 Å². The van der Waals surface area contributed by atoms with Crippen molar-refractivity contribution in [3.63, 3.8) is 0 Å². The van der Waals surface area contributed by atoms with Crippen LogP contribution in [-0.4, -0.2) is 30.8 Å². The lowest BCUT2D eigenvalue weighted by Crippen LogP contribution is -2.19. The van der Waals surface area contributed by atoms with Gasteiger partial charge in [0.05, 0.1) is 17.6 Å². The second-order valence-electron chi connectivity index (χ2n) is 8.55. The van der Waals surface area contributed by atoms with Crippen LogP contribution >= 0.6 is 0 Å². The summed E-state index contributed by atoms with van der Waals surface area (Å²) < 4.78 is 6.15. The summed E-state index contributed by atoms with van der Waals surface area (Å²) in [5.41, 5.74) is 5.69. The molecule has 0 amide bonds. The third-order valence-corrected chi connectivity index (χ3v) is 6.12. The molecule has 0 N–H and O–H groups in total. The number of rotatable bonds is 7. The first kappa shape index (κ1) is 22.1. The average molecular weight is 407 g/mol. The standard InChI is InChI=1S/C26H34N2O2/c1-6-28(5)17-27-24-16-19(3)23(15-20(24)4)26(29)30-25(21-9-7-8-10-21)22-13-11-18(2)12-14-22/h11-17,21,25H,6-10H2,1-5H3/b27-17+. The Balaban J connectivity index is 1.84. The first-order valence-electron chi connectivity index (χ1n) is 11.0. The first-order valence-corrected chi connectivity index (χ1v) is 11.0. The second kappa shape index (κ2) is 9.92. The molecule has 0 aliphatic heterocycles. The molecule has 0 saturated heterocycles. The fourth-order valence-electron chi connectivity index (χ4n) is 4.03. The molecule has 1 aliphatic rings. The maximum Gasteiger partial charge on any atom is 0.339 e. The van der Waals surface area contributed by atoms with Crippen LogP contribution in [0.2, 0.25) is 0 Å². The molecule has 2 aromatic rings. The molecule has 4 heteroatoms. The zero-order valence-electron chi connectivity index (χ0n) is 18.9. The van der Waals surface area contributed by atoms with Crippen molar-refractivity contribution in [2.24, 2.45) is 10.9 Å². The van der Waals surface area contributed by atoms with Crippen LogP contribution in [0.4, 0.5) is 5.69 Å². The summed E-state index contributed by atoms with van der Waals surface area (Å²) in [6, 6.07) is 12.3. The van der Waals surface area contributed by atoms with Crippen molar-refractivity contribution in [3.05, 3.63) is 64.2 Å². The molecule has 160 valence electrons. The van der Waals surface area contributed by atoms with Gasteiger partial charge in [-0.15, -0.1) is 0 Å². The van der Waals surface area contributed by atoms with Crippen LogP contribution in [-0.2, 0) is 4.74 Å². The Hall–Kier alpha value is -2.62. The highest BCUT2D eigenvalue weighted by Gasteiger charge is 2.30. The van der Waals surface area contributed by atoms with Crippen LogP contribution in [0.15, 0.2) is 41.4 Å². The summed E-state index contributed by atoms with van der Waals surface area (Å²) in [4.78, 5) is 19.8. The third kappa shape index (κ3) is 5.29. The van der Waals surface area contributed by atoms with E-state index in [4.69, 9.17) is 4.74 Å². The van der Waals surface area contributed by atoms with E-state index in [1.54, 1.807) is 0 Å². The van der Waals surface area contributed by atoms with Crippen LogP contribution in [0.3, 0.4) is 0 Å². The summed E-state index contributed by atoms with van der Waals surface area (Å²) in [6.07, 6.45) is 6.29. The fraction of sp³-hybridized carbons (Fsp3) is 0.462. The Kier molecular flexibility index (Phi) is 7.30. The lowest BCUT2D eigenvalue weighted by atomic mass is 9.93. The highest BCUT2D eigenvalue weighted by Crippen LogP contribution is 2.39. The van der Waals surface area contributed by atoms with E-state index in [0.29, 0.717) is 11.5 Å². The molecule has 1 aliphatic carbocycles. The van der Waals surface area contributed by atoms with Gasteiger partial charge in [-0.2, -0.15) is 0 Å². The number of carbonyl (C=O) groups is 1. The molecule has 1 saturated carbocycles. The Morgan fingerprint density at radius 2 is 1.80 bits per heavy atom. The van der Waals surface area contributed by atoms with E-state index in [2.05, 4.69) is 43.1 Å². The molecule has 0 aromatic heterocycles. The maximum atomic E-state index is 13.2. The van der Waals surface area contributed by atoms with Crippen molar-refractivity contribution in [3.8, 4) is 0 Å². The lowest BCUT2D eigenvalue weighted by Gasteiger charge is -2.25. The number of hydrogen-bond donors (Lipinski definition) is 0. The predicted molar refractivity (Wildman–Crippen MR) is 124 cm³/mol. The lowest BCUT2D eigenvalue weighted by molar-refractivity contribution is 0.0136. The number of carbonyl (C=O) groups excluding carboxylic acids is 1. The number of esters is 1. The number of aryl methyl sites for hydroxylation is 3. The Morgan fingerprint density at radius 3 is 2.43 bits per heavy atom. The van der Waals surface area contributed by atoms with Gasteiger partial charge in [0.15, 0.2) is 0 Å². The van der Waals surface area contributed by atoms with E-state index in [9.17, 15) is 4.79 Å². The molecule has 30 heavy (non-hydrogen) atoms. The Bertz CT molecular complexity index is 896. The molecule has 0 heterocycles. The molecular formula is C26H34N2O2. The van der Waals surface area contributed by atoms with Crippen LogP contribution in [0, 0.1) is 26.7 Å². The van der Waals surface area contributed by atoms with Crippen LogP contribution in [0.5, 0.6) is 0 Å². The molecule has 0 radical (unpaired) electrons. The van der Waals surface area contributed by atoms with Gasteiger partial charge in [-0.25, -0.2) is 9.79 Å². The monoisotopic (exact) mass is 406 g/mol. The molecule has 2 aromatic carbocycles. The molecule has 1 atom stereocenters. The number of nitrogens with zero attached hydrogens (tertiary/aromatic N) is 2. The van der Waals surface area contributed by atoms with Crippen molar-refractivity contribution >= 4 is 18.0 Å². The van der Waals surface area contributed by atoms with Crippen molar-refractivity contribution in [2.75, 3.05) is 13.6 Å². The zero-order chi connectivity index (χ0) is 21.7. The Labute approximate surface area is 181 Å². The highest BCUT2D eigenvalue weighted by molar-refractivity contribution is 5.92. The van der Waals surface area contributed by atoms with E-state index in [1.807, 2.05) is 44.3 Å². The highest BCUT2D eigenvalue weighted by atomic mass is 16.5. The summed E-state index contributed by atoms with van der Waals surface area (Å²) in [7, 11) is 1.99. The minimum atomic E-state index is -0.241. The summed E-state index contributed by atoms with van der Waals surface area (Å²) >= 11 is 0. The number of benzene rings is 2. The molecule has 4 nitrogen and oxygen atoms in total. The molecule has 1 unspecified atom stereocenters. The second-order valence-corrected chi connectivity index (χ2v) is 8.55. The molecule has 0 spiro atoms. The first-order chi connectivity index (χ1) is 14.4. The van der Waals surface area contributed by atoms with E-state index in [0.717, 1.165) is 41.8 Å². The smallest absolute Gasteiger partial charge is 0.339 e. The van der Waals surface area contributed by atoms with Crippen molar-refractivity contribution in [1.82, 2.24) is 4.90 Å². The van der Waals surface area contributed by atoms with Crippen LogP contribution in [0.25, 0.3) is 0 Å². The van der Waals surface area contributed by atoms with Gasteiger partial charge in [-0.3, -0.25) is 0 Å². The number of hydrogen-bond acceptors (Lipinski definition) is 3. The minimum Gasteiger partial charge on any atom is -0.454 e. The molecule has 0 bridgehead atoms. The summed E-state index contributed by atoms with van der Waals surface area (Å²) in [5.74, 6) is 0.154. The quantitative estimate of drug-likeness (QED) is 0.307. The summed E-state index contributed by atoms with van der Waals surface area (Å²) in [5, 5.41) is 0. The van der Waals surface area contributed by atoms with Gasteiger partial charge >= 0.3 is 5.97 Å². The summed E-state index contributed by atoms with van der Waals surface area (Å²) in [6.45, 7) is 9.00. The van der Waals surface area contributed by atoms with E-state index in [-0.39, 0.29) is 12.1 Å². The van der Waals surface area contributed by atoms with Gasteiger partial charge in [-0.1, -0.05) is 42.7 Å². The van der Waals surface area contributed by atoms with Gasteiger partial charge in [-0.05, 0) is 69.4 Å². The van der Waals surface area contributed by atoms with Crippen LogP contribution < -0.4 is 0 Å². The Morgan fingerprint density at radius 1 is 1.13 bits per heavy atom. The SMILES string of the molecule is CCN(C)/C=N/c1cc(C)c(C(=O)OC(c2ccc(C)cc2)C2CCCC2)cc1C. The molecular weight excluding hydrogens is 372 g/mol. The fourth-order valence-corrected chi connectivity index (χ4v) is 4.03. The van der Waals surface area contributed by atoms with Gasteiger partial charge in [0.25, 0.3) is 0 Å². The normalized spacial score (nSPS) is 15.5. The topological polar surface area (TPSA) is 41.9 Å². The minimum absolute atomic E-state index is 0.184. The van der Waals surface area contributed by atoms with Crippen molar-refractivity contribution < 1.29 is 9.53 Å². The molecule has 1 fully saturated rings. The predicted octanol–water partition coefficient (Wildman–Crippen LogP) is 6.31. The third-order valence-electron chi connectivity index (χ3n) is 6.12. The number of aliphatic imine (C=N–C) groups is 1. The van der Waals surface area contributed by atoms with Gasteiger partial charge in [0, 0.05) is 19.5 Å². The van der Waals surface area contributed by atoms with Crippen molar-refractivity contribution in [1.29, 1.82) is 0 Å². The van der Waals surface area contributed by atoms with E-state index >= 15 is 0 Å². The van der Waals surface area contributed by atoms with Gasteiger partial charge in [0.2, 0.25) is 0 Å². The average Bonchev–Trinajstić information content (AvgIpc) is 3.27. The largest absolute Gasteiger partial charge is 0.454 e.